The summed E-state index contributed by atoms with van der Waals surface area (Å²) < 4.78 is 5.42. The number of nitrogens with one attached hydrogen (secondary N) is 1. The van der Waals surface area contributed by atoms with Gasteiger partial charge < -0.3 is 15.2 Å². The fourth-order valence-corrected chi connectivity index (χ4v) is 5.16. The van der Waals surface area contributed by atoms with E-state index in [0.717, 1.165) is 25.7 Å². The van der Waals surface area contributed by atoms with Crippen molar-refractivity contribution in [2.24, 2.45) is 10.8 Å². The van der Waals surface area contributed by atoms with Crippen LogP contribution in [0, 0.1) is 10.8 Å². The first-order valence-electron chi connectivity index (χ1n) is 10.3. The average molecular weight is 368 g/mol. The van der Waals surface area contributed by atoms with Crippen molar-refractivity contribution in [3.05, 3.63) is 46.3 Å². The minimum atomic E-state index is 0.216. The number of methoxy groups -OCH3 is 1. The Morgan fingerprint density at radius 2 is 1.52 bits per heavy atom. The number of dihydropyridines is 1. The molecule has 1 aromatic rings. The molecule has 2 N–H and O–H groups in total. The minimum absolute atomic E-state index is 0.216. The maximum absolute atomic E-state index is 10.1. The Bertz CT molecular complexity index is 787. The third-order valence-electron chi connectivity index (χ3n) is 6.76. The van der Waals surface area contributed by atoms with Gasteiger partial charge in [0, 0.05) is 17.3 Å². The summed E-state index contributed by atoms with van der Waals surface area (Å²) in [5, 5.41) is 14.0. The molecule has 2 aliphatic carbocycles. The number of ether oxygens (including phenoxy) is 1. The fourth-order valence-electron chi connectivity index (χ4n) is 5.16. The normalized spacial score (nSPS) is 24.2. The quantitative estimate of drug-likeness (QED) is 0.672. The van der Waals surface area contributed by atoms with Crippen LogP contribution >= 0.6 is 0 Å². The summed E-state index contributed by atoms with van der Waals surface area (Å²) in [6.45, 7) is 9.52. The number of hydrogen-bond acceptors (Lipinski definition) is 3. The molecule has 0 spiro atoms. The van der Waals surface area contributed by atoms with Gasteiger partial charge in [0.25, 0.3) is 0 Å². The van der Waals surface area contributed by atoms with Crippen LogP contribution in [0.25, 0.3) is 0 Å². The van der Waals surface area contributed by atoms with E-state index in [1.165, 1.54) is 29.8 Å². The highest BCUT2D eigenvalue weighted by molar-refractivity contribution is 5.52. The fraction of sp³-hybridized carbons (Fsp3) is 0.583. The summed E-state index contributed by atoms with van der Waals surface area (Å²) in [5.41, 5.74) is 7.96. The van der Waals surface area contributed by atoms with Crippen LogP contribution in [0.2, 0.25) is 0 Å². The van der Waals surface area contributed by atoms with Crippen LogP contribution in [0.15, 0.2) is 40.7 Å². The Hall–Kier alpha value is -1.90. The maximum Gasteiger partial charge on any atom is 0.160 e. The molecule has 4 rings (SSSR count). The van der Waals surface area contributed by atoms with Crippen molar-refractivity contribution >= 4 is 0 Å². The summed E-state index contributed by atoms with van der Waals surface area (Å²) in [7, 11) is 1.63. The molecule has 0 saturated heterocycles. The van der Waals surface area contributed by atoms with E-state index < -0.39 is 0 Å². The molecule has 1 aromatic carbocycles. The molecule has 0 atom stereocenters. The number of benzene rings is 1. The van der Waals surface area contributed by atoms with Gasteiger partial charge in [-0.25, -0.2) is 0 Å². The van der Waals surface area contributed by atoms with E-state index in [0.29, 0.717) is 22.5 Å². The zero-order chi connectivity index (χ0) is 19.4. The van der Waals surface area contributed by atoms with Crippen molar-refractivity contribution in [3.63, 3.8) is 0 Å². The highest BCUT2D eigenvalue weighted by Gasteiger charge is 2.40. The van der Waals surface area contributed by atoms with Crippen molar-refractivity contribution in [2.75, 3.05) is 7.11 Å². The van der Waals surface area contributed by atoms with E-state index in [4.69, 9.17) is 4.74 Å². The van der Waals surface area contributed by atoms with Crippen molar-refractivity contribution in [1.82, 2.24) is 5.32 Å². The summed E-state index contributed by atoms with van der Waals surface area (Å²) >= 11 is 0. The molecule has 0 amide bonds. The standard InChI is InChI=1S/C24H33NO2/c1-23(2)10-8-16-18(13-23)25-19-14-24(3,4)11-9-17(19)22(16)15-6-7-20(26)21(12-15)27-5/h6-7,12,22,25-26H,8-11,13-14H2,1-5H3. The number of allylic oxidation sites excluding steroid dienone is 4. The van der Waals surface area contributed by atoms with E-state index in [-0.39, 0.29) is 5.75 Å². The number of rotatable bonds is 2. The summed E-state index contributed by atoms with van der Waals surface area (Å²) in [6.07, 6.45) is 6.98. The molecule has 0 fully saturated rings. The third-order valence-corrected chi connectivity index (χ3v) is 6.76. The topological polar surface area (TPSA) is 41.5 Å². The van der Waals surface area contributed by atoms with E-state index in [1.807, 2.05) is 6.07 Å². The van der Waals surface area contributed by atoms with Crippen LogP contribution < -0.4 is 10.1 Å². The highest BCUT2D eigenvalue weighted by atomic mass is 16.5. The first-order chi connectivity index (χ1) is 12.7. The SMILES string of the molecule is COc1cc(C2C3=C(CC(C)(C)CC3)NC3=C2CCC(C)(C)C3)ccc1O. The summed E-state index contributed by atoms with van der Waals surface area (Å²) in [4.78, 5) is 0. The van der Waals surface area contributed by atoms with Crippen LogP contribution in [0.1, 0.15) is 77.7 Å². The predicted octanol–water partition coefficient (Wildman–Crippen LogP) is 6.02. The van der Waals surface area contributed by atoms with Crippen molar-refractivity contribution in [3.8, 4) is 11.5 Å². The summed E-state index contributed by atoms with van der Waals surface area (Å²) in [6, 6.07) is 5.92. The van der Waals surface area contributed by atoms with Crippen LogP contribution in [-0.2, 0) is 0 Å². The van der Waals surface area contributed by atoms with Crippen LogP contribution in [0.5, 0.6) is 11.5 Å². The molecule has 0 unspecified atom stereocenters. The predicted molar refractivity (Wildman–Crippen MR) is 110 cm³/mol. The van der Waals surface area contributed by atoms with Gasteiger partial charge in [0.1, 0.15) is 0 Å². The first kappa shape index (κ1) is 18.5. The lowest BCUT2D eigenvalue weighted by molar-refractivity contribution is 0.274. The molecule has 3 heteroatoms. The lowest BCUT2D eigenvalue weighted by Crippen LogP contribution is -2.36. The molecule has 3 aliphatic rings. The zero-order valence-corrected chi connectivity index (χ0v) is 17.4. The van der Waals surface area contributed by atoms with Gasteiger partial charge in [-0.05, 0) is 78.2 Å². The number of hydrogen-bond donors (Lipinski definition) is 2. The highest BCUT2D eigenvalue weighted by Crippen LogP contribution is 2.53. The van der Waals surface area contributed by atoms with Gasteiger partial charge in [-0.1, -0.05) is 33.8 Å². The van der Waals surface area contributed by atoms with Crippen molar-refractivity contribution < 1.29 is 9.84 Å². The minimum Gasteiger partial charge on any atom is -0.504 e. The van der Waals surface area contributed by atoms with E-state index >= 15 is 0 Å². The molecule has 0 radical (unpaired) electrons. The molecule has 1 heterocycles. The van der Waals surface area contributed by atoms with Crippen LogP contribution in [0.4, 0.5) is 0 Å². The van der Waals surface area contributed by atoms with Gasteiger partial charge >= 0.3 is 0 Å². The van der Waals surface area contributed by atoms with Gasteiger partial charge in [0.05, 0.1) is 7.11 Å². The van der Waals surface area contributed by atoms with Crippen molar-refractivity contribution in [2.45, 2.75) is 72.1 Å². The van der Waals surface area contributed by atoms with Gasteiger partial charge in [-0.3, -0.25) is 0 Å². The Balaban J connectivity index is 1.82. The van der Waals surface area contributed by atoms with Gasteiger partial charge in [-0.15, -0.1) is 0 Å². The number of aromatic hydroxyl groups is 1. The average Bonchev–Trinajstić information content (AvgIpc) is 2.58. The zero-order valence-electron chi connectivity index (χ0n) is 17.4. The molecule has 3 nitrogen and oxygen atoms in total. The molecule has 146 valence electrons. The van der Waals surface area contributed by atoms with Crippen LogP contribution in [0.3, 0.4) is 0 Å². The molecule has 27 heavy (non-hydrogen) atoms. The Labute approximate surface area is 163 Å². The maximum atomic E-state index is 10.1. The smallest absolute Gasteiger partial charge is 0.160 e. The van der Waals surface area contributed by atoms with Gasteiger partial charge in [0.2, 0.25) is 0 Å². The van der Waals surface area contributed by atoms with E-state index in [9.17, 15) is 5.11 Å². The molecule has 1 aliphatic heterocycles. The second kappa shape index (κ2) is 6.32. The largest absolute Gasteiger partial charge is 0.504 e. The first-order valence-corrected chi connectivity index (χ1v) is 10.3. The Kier molecular flexibility index (Phi) is 4.32. The second-order valence-electron chi connectivity index (χ2n) is 10.2. The molecule has 0 saturated carbocycles. The van der Waals surface area contributed by atoms with Crippen LogP contribution in [-0.4, -0.2) is 12.2 Å². The molecular weight excluding hydrogens is 334 g/mol. The molecule has 0 bridgehead atoms. The lowest BCUT2D eigenvalue weighted by Gasteiger charge is -2.45. The van der Waals surface area contributed by atoms with E-state index in [2.05, 4.69) is 39.1 Å². The number of phenolic OH excluding ortho intramolecular Hbond substituents is 1. The number of phenols is 1. The second-order valence-corrected chi connectivity index (χ2v) is 10.2. The van der Waals surface area contributed by atoms with E-state index in [1.54, 1.807) is 24.3 Å². The Morgan fingerprint density at radius 3 is 2.04 bits per heavy atom. The monoisotopic (exact) mass is 367 g/mol. The Morgan fingerprint density at radius 1 is 0.963 bits per heavy atom. The summed E-state index contributed by atoms with van der Waals surface area (Å²) in [5.74, 6) is 1.12. The van der Waals surface area contributed by atoms with Gasteiger partial charge in [-0.2, -0.15) is 0 Å². The third kappa shape index (κ3) is 3.37. The van der Waals surface area contributed by atoms with Gasteiger partial charge in [0.15, 0.2) is 11.5 Å². The lowest BCUT2D eigenvalue weighted by atomic mass is 9.65. The molecular formula is C24H33NO2. The molecule has 0 aromatic heterocycles. The van der Waals surface area contributed by atoms with Crippen molar-refractivity contribution in [1.29, 1.82) is 0 Å².